The number of hydrogen-bond donors (Lipinski definition) is 0. The van der Waals surface area contributed by atoms with Gasteiger partial charge in [0.25, 0.3) is 10.0 Å². The van der Waals surface area contributed by atoms with Crippen molar-refractivity contribution in [2.45, 2.75) is 11.3 Å². The van der Waals surface area contributed by atoms with E-state index in [0.717, 1.165) is 17.7 Å². The molecule has 1 heterocycles. The number of imidazole rings is 1. The molecule has 142 valence electrons. The van der Waals surface area contributed by atoms with Crippen LogP contribution in [-0.4, -0.2) is 24.5 Å². The molecule has 0 amide bonds. The Morgan fingerprint density at radius 1 is 0.964 bits per heavy atom. The summed E-state index contributed by atoms with van der Waals surface area (Å²) in [4.78, 5) is 4.55. The van der Waals surface area contributed by atoms with E-state index < -0.39 is 15.8 Å². The second-order valence-electron chi connectivity index (χ2n) is 6.23. The van der Waals surface area contributed by atoms with Crippen LogP contribution in [0.1, 0.15) is 11.4 Å². The van der Waals surface area contributed by atoms with Gasteiger partial charge in [-0.05, 0) is 42.5 Å². The lowest BCUT2D eigenvalue weighted by Gasteiger charge is -2.12. The van der Waals surface area contributed by atoms with E-state index in [1.165, 1.54) is 16.1 Å². The summed E-state index contributed by atoms with van der Waals surface area (Å²) in [6.45, 7) is 0. The number of methoxy groups -OCH3 is 1. The molecule has 1 aromatic heterocycles. The second kappa shape index (κ2) is 7.09. The van der Waals surface area contributed by atoms with Crippen molar-refractivity contribution in [2.75, 3.05) is 7.11 Å². The van der Waals surface area contributed by atoms with E-state index in [4.69, 9.17) is 4.74 Å². The SMILES string of the molecule is COc1ccccc1Cc1nc2ccccc2n1S(=O)(=O)c1ccc(F)cc1. The predicted molar refractivity (Wildman–Crippen MR) is 105 cm³/mol. The van der Waals surface area contributed by atoms with Crippen LogP contribution in [0.25, 0.3) is 11.0 Å². The zero-order valence-electron chi connectivity index (χ0n) is 15.0. The highest BCUT2D eigenvalue weighted by atomic mass is 32.2. The summed E-state index contributed by atoms with van der Waals surface area (Å²) in [7, 11) is -2.40. The lowest BCUT2D eigenvalue weighted by atomic mass is 10.1. The number of para-hydroxylation sites is 3. The fourth-order valence-corrected chi connectivity index (χ4v) is 4.65. The third-order valence-corrected chi connectivity index (χ3v) is 6.23. The molecule has 0 atom stereocenters. The van der Waals surface area contributed by atoms with Crippen LogP contribution in [0.5, 0.6) is 5.75 Å². The zero-order chi connectivity index (χ0) is 19.7. The summed E-state index contributed by atoms with van der Waals surface area (Å²) in [6.07, 6.45) is 0.263. The van der Waals surface area contributed by atoms with Crippen LogP contribution in [0.2, 0.25) is 0 Å². The predicted octanol–water partition coefficient (Wildman–Crippen LogP) is 4.01. The fourth-order valence-electron chi connectivity index (χ4n) is 3.16. The van der Waals surface area contributed by atoms with Crippen molar-refractivity contribution < 1.29 is 17.5 Å². The summed E-state index contributed by atoms with van der Waals surface area (Å²) in [5.41, 5.74) is 1.85. The van der Waals surface area contributed by atoms with Gasteiger partial charge < -0.3 is 4.74 Å². The molecule has 5 nitrogen and oxygen atoms in total. The molecule has 4 rings (SSSR count). The van der Waals surface area contributed by atoms with Gasteiger partial charge in [-0.15, -0.1) is 0 Å². The van der Waals surface area contributed by atoms with Crippen molar-refractivity contribution in [1.29, 1.82) is 0 Å². The van der Waals surface area contributed by atoms with Gasteiger partial charge in [-0.1, -0.05) is 30.3 Å². The number of hydrogen-bond acceptors (Lipinski definition) is 4. The van der Waals surface area contributed by atoms with Gasteiger partial charge in [0.1, 0.15) is 17.4 Å². The topological polar surface area (TPSA) is 61.2 Å². The average molecular weight is 396 g/mol. The molecule has 0 aliphatic rings. The van der Waals surface area contributed by atoms with E-state index in [1.807, 2.05) is 24.3 Å². The maximum Gasteiger partial charge on any atom is 0.269 e. The Hall–Kier alpha value is -3.19. The second-order valence-corrected chi connectivity index (χ2v) is 8.02. The highest BCUT2D eigenvalue weighted by Gasteiger charge is 2.25. The third-order valence-electron chi connectivity index (χ3n) is 4.48. The monoisotopic (exact) mass is 396 g/mol. The molecule has 0 N–H and O–H groups in total. The molecule has 0 bridgehead atoms. The first-order chi connectivity index (χ1) is 13.5. The summed E-state index contributed by atoms with van der Waals surface area (Å²) in [5.74, 6) is 0.513. The zero-order valence-corrected chi connectivity index (χ0v) is 15.9. The van der Waals surface area contributed by atoms with Crippen molar-refractivity contribution >= 4 is 21.1 Å². The molecule has 4 aromatic rings. The van der Waals surface area contributed by atoms with Crippen LogP contribution in [0.3, 0.4) is 0 Å². The van der Waals surface area contributed by atoms with Crippen LogP contribution in [-0.2, 0) is 16.4 Å². The molecule has 0 spiro atoms. The Morgan fingerprint density at radius 2 is 1.64 bits per heavy atom. The molecule has 0 saturated carbocycles. The Bertz CT molecular complexity index is 1250. The molecular formula is C21H17FN2O3S. The molecule has 0 fully saturated rings. The molecule has 0 radical (unpaired) electrons. The summed E-state index contributed by atoms with van der Waals surface area (Å²) in [6, 6.07) is 19.2. The smallest absolute Gasteiger partial charge is 0.269 e. The van der Waals surface area contributed by atoms with Crippen LogP contribution in [0.15, 0.2) is 77.7 Å². The summed E-state index contributed by atoms with van der Waals surface area (Å²) >= 11 is 0. The van der Waals surface area contributed by atoms with Crippen LogP contribution in [0.4, 0.5) is 4.39 Å². The summed E-state index contributed by atoms with van der Waals surface area (Å²) < 4.78 is 46.6. The third kappa shape index (κ3) is 3.14. The van der Waals surface area contributed by atoms with Gasteiger partial charge in [-0.2, -0.15) is 0 Å². The van der Waals surface area contributed by atoms with Crippen LogP contribution >= 0.6 is 0 Å². The van der Waals surface area contributed by atoms with E-state index in [-0.39, 0.29) is 11.3 Å². The molecule has 7 heteroatoms. The Balaban J connectivity index is 1.92. The van der Waals surface area contributed by atoms with Gasteiger partial charge in [0.05, 0.1) is 23.0 Å². The highest BCUT2D eigenvalue weighted by molar-refractivity contribution is 7.90. The van der Waals surface area contributed by atoms with E-state index in [9.17, 15) is 12.8 Å². The number of benzene rings is 3. The number of ether oxygens (including phenoxy) is 1. The molecule has 28 heavy (non-hydrogen) atoms. The van der Waals surface area contributed by atoms with Gasteiger partial charge in [0, 0.05) is 12.0 Å². The van der Waals surface area contributed by atoms with E-state index in [1.54, 1.807) is 31.4 Å². The van der Waals surface area contributed by atoms with E-state index in [2.05, 4.69) is 4.98 Å². The maximum atomic E-state index is 13.4. The average Bonchev–Trinajstić information content (AvgIpc) is 3.07. The first-order valence-electron chi connectivity index (χ1n) is 8.60. The highest BCUT2D eigenvalue weighted by Crippen LogP contribution is 2.27. The number of aromatic nitrogens is 2. The van der Waals surface area contributed by atoms with Crippen molar-refractivity contribution in [3.63, 3.8) is 0 Å². The standard InChI is InChI=1S/C21H17FN2O3S/c1-27-20-9-5-2-6-15(20)14-21-23-18-7-3-4-8-19(18)24(21)28(25,26)17-12-10-16(22)11-13-17/h2-13H,14H2,1H3. The largest absolute Gasteiger partial charge is 0.496 e. The first kappa shape index (κ1) is 18.2. The minimum Gasteiger partial charge on any atom is -0.496 e. The van der Waals surface area contributed by atoms with E-state index in [0.29, 0.717) is 22.6 Å². The molecular weight excluding hydrogens is 379 g/mol. The number of nitrogens with zero attached hydrogens (tertiary/aromatic N) is 2. The van der Waals surface area contributed by atoms with Crippen molar-refractivity contribution in [3.05, 3.63) is 90.0 Å². The van der Waals surface area contributed by atoms with Crippen LogP contribution in [0, 0.1) is 5.82 Å². The lowest BCUT2D eigenvalue weighted by Crippen LogP contribution is -2.16. The maximum absolute atomic E-state index is 13.4. The van der Waals surface area contributed by atoms with Crippen molar-refractivity contribution in [1.82, 2.24) is 8.96 Å². The van der Waals surface area contributed by atoms with Gasteiger partial charge in [-0.3, -0.25) is 0 Å². The van der Waals surface area contributed by atoms with E-state index >= 15 is 0 Å². The molecule has 0 saturated heterocycles. The minimum absolute atomic E-state index is 0.00155. The molecule has 3 aromatic carbocycles. The Labute approximate surface area is 162 Å². The van der Waals surface area contributed by atoms with Gasteiger partial charge in [0.2, 0.25) is 0 Å². The first-order valence-corrected chi connectivity index (χ1v) is 10.0. The fraction of sp³-hybridized carbons (Fsp3) is 0.0952. The normalized spacial score (nSPS) is 11.6. The minimum atomic E-state index is -3.96. The number of rotatable bonds is 5. The van der Waals surface area contributed by atoms with Crippen molar-refractivity contribution in [3.8, 4) is 5.75 Å². The van der Waals surface area contributed by atoms with Gasteiger partial charge in [0.15, 0.2) is 0 Å². The Kier molecular flexibility index (Phi) is 4.60. The quantitative estimate of drug-likeness (QED) is 0.511. The Morgan fingerprint density at radius 3 is 2.39 bits per heavy atom. The van der Waals surface area contributed by atoms with Gasteiger partial charge >= 0.3 is 0 Å². The van der Waals surface area contributed by atoms with Crippen molar-refractivity contribution in [2.24, 2.45) is 0 Å². The van der Waals surface area contributed by atoms with Crippen LogP contribution < -0.4 is 4.74 Å². The summed E-state index contributed by atoms with van der Waals surface area (Å²) in [5, 5.41) is 0. The lowest BCUT2D eigenvalue weighted by molar-refractivity contribution is 0.410. The molecule has 0 aliphatic heterocycles. The number of halogens is 1. The molecule has 0 aliphatic carbocycles. The number of fused-ring (bicyclic) bond motifs is 1. The van der Waals surface area contributed by atoms with Gasteiger partial charge in [-0.25, -0.2) is 21.8 Å². The molecule has 0 unspecified atom stereocenters.